The summed E-state index contributed by atoms with van der Waals surface area (Å²) >= 11 is 6.12. The van der Waals surface area contributed by atoms with Gasteiger partial charge in [0.25, 0.3) is 0 Å². The fourth-order valence-corrected chi connectivity index (χ4v) is 6.08. The van der Waals surface area contributed by atoms with Gasteiger partial charge in [-0.05, 0) is 77.9 Å². The van der Waals surface area contributed by atoms with E-state index in [1.165, 1.54) is 17.9 Å². The van der Waals surface area contributed by atoms with Crippen LogP contribution < -0.4 is 0 Å². The monoisotopic (exact) mass is 563 g/mol. The molecule has 39 heavy (non-hydrogen) atoms. The number of aromatic amines is 1. The molecule has 2 aromatic carbocycles. The van der Waals surface area contributed by atoms with Gasteiger partial charge in [0.2, 0.25) is 0 Å². The van der Waals surface area contributed by atoms with Gasteiger partial charge in [0, 0.05) is 61.2 Å². The molecule has 1 N–H and O–H groups in total. The van der Waals surface area contributed by atoms with Gasteiger partial charge in [-0.3, -0.25) is 9.88 Å². The van der Waals surface area contributed by atoms with E-state index in [4.69, 9.17) is 11.6 Å². The Hall–Kier alpha value is -3.26. The summed E-state index contributed by atoms with van der Waals surface area (Å²) in [7, 11) is -3.20. The quantitative estimate of drug-likeness (QED) is 0.246. The van der Waals surface area contributed by atoms with Gasteiger partial charge in [-0.1, -0.05) is 36.7 Å². The summed E-state index contributed by atoms with van der Waals surface area (Å²) in [6.07, 6.45) is 11.0. The molecule has 5 nitrogen and oxygen atoms in total. The third-order valence-corrected chi connectivity index (χ3v) is 8.87. The van der Waals surface area contributed by atoms with Crippen LogP contribution in [-0.2, 0) is 9.84 Å². The first-order valence-corrected chi connectivity index (χ1v) is 15.3. The molecule has 0 bridgehead atoms. The second-order valence-electron chi connectivity index (χ2n) is 10.0. The Balaban J connectivity index is 1.39. The van der Waals surface area contributed by atoms with Gasteiger partial charge in [-0.2, -0.15) is 0 Å². The molecule has 0 saturated heterocycles. The molecular formula is C31H31ClFN3O2S. The molecule has 1 aliphatic heterocycles. The molecule has 0 spiro atoms. The van der Waals surface area contributed by atoms with Gasteiger partial charge in [-0.25, -0.2) is 12.8 Å². The molecule has 0 fully saturated rings. The maximum atomic E-state index is 13.9. The van der Waals surface area contributed by atoms with E-state index in [9.17, 15) is 12.8 Å². The Labute approximate surface area is 234 Å². The molecule has 1 unspecified atom stereocenters. The average molecular weight is 564 g/mol. The predicted molar refractivity (Wildman–Crippen MR) is 156 cm³/mol. The molecule has 202 valence electrons. The maximum Gasteiger partial charge on any atom is 0.175 e. The Bertz CT molecular complexity index is 1600. The lowest BCUT2D eigenvalue weighted by Crippen LogP contribution is -2.32. The number of halogens is 2. The fourth-order valence-electron chi connectivity index (χ4n) is 5.27. The number of pyridine rings is 1. The van der Waals surface area contributed by atoms with Crippen LogP contribution in [0.15, 0.2) is 84.2 Å². The van der Waals surface area contributed by atoms with Crippen molar-refractivity contribution in [2.45, 2.75) is 30.6 Å². The number of hydrogen-bond acceptors (Lipinski definition) is 4. The number of H-pyrrole nitrogens is 1. The second kappa shape index (κ2) is 11.5. The lowest BCUT2D eigenvalue weighted by Gasteiger charge is -2.30. The van der Waals surface area contributed by atoms with Gasteiger partial charge >= 0.3 is 0 Å². The zero-order valence-electron chi connectivity index (χ0n) is 22.0. The molecule has 8 heteroatoms. The number of hydrogen-bond donors (Lipinski definition) is 1. The molecule has 3 heterocycles. The molecule has 2 aromatic heterocycles. The van der Waals surface area contributed by atoms with Crippen molar-refractivity contribution in [3.63, 3.8) is 0 Å². The second-order valence-corrected chi connectivity index (χ2v) is 12.4. The molecular weight excluding hydrogens is 533 g/mol. The van der Waals surface area contributed by atoms with Gasteiger partial charge in [0.05, 0.1) is 15.6 Å². The Kier molecular flexibility index (Phi) is 8.03. The van der Waals surface area contributed by atoms with Crippen molar-refractivity contribution >= 4 is 27.0 Å². The summed E-state index contributed by atoms with van der Waals surface area (Å²) in [4.78, 5) is 10.4. The van der Waals surface area contributed by atoms with E-state index in [1.54, 1.807) is 36.7 Å². The highest BCUT2D eigenvalue weighted by atomic mass is 35.5. The molecule has 0 amide bonds. The number of sulfone groups is 1. The standard InChI is InChI=1S/C31H31ClFN3O2S/c1-3-21(22-4-7-26(8-5-22)39(2,37)38)20-36-16-12-23(13-17-36)27-19-35-31(25-6-9-29(33)28(32)18-25)30(27)24-10-14-34-15-11-24/h4-12,14-15,18-19,21,35H,3,13,16-17,20H2,1-2H3. The minimum Gasteiger partial charge on any atom is -0.360 e. The lowest BCUT2D eigenvalue weighted by atomic mass is 9.91. The van der Waals surface area contributed by atoms with Crippen LogP contribution in [0.3, 0.4) is 0 Å². The zero-order chi connectivity index (χ0) is 27.6. The van der Waals surface area contributed by atoms with Crippen LogP contribution in [0.5, 0.6) is 0 Å². The fraction of sp³-hybridized carbons (Fsp3) is 0.258. The van der Waals surface area contributed by atoms with E-state index in [1.807, 2.05) is 30.5 Å². The Morgan fingerprint density at radius 1 is 1.08 bits per heavy atom. The molecule has 5 rings (SSSR count). The zero-order valence-corrected chi connectivity index (χ0v) is 23.6. The molecule has 1 atom stereocenters. The molecule has 0 radical (unpaired) electrons. The van der Waals surface area contributed by atoms with Crippen molar-refractivity contribution in [1.29, 1.82) is 0 Å². The van der Waals surface area contributed by atoms with Crippen molar-refractivity contribution < 1.29 is 12.8 Å². The average Bonchev–Trinajstić information content (AvgIpc) is 3.39. The minimum absolute atomic E-state index is 0.0910. The summed E-state index contributed by atoms with van der Waals surface area (Å²) in [5.74, 6) is -0.118. The highest BCUT2D eigenvalue weighted by molar-refractivity contribution is 7.90. The molecule has 1 aliphatic rings. The smallest absolute Gasteiger partial charge is 0.175 e. The van der Waals surface area contributed by atoms with E-state index in [-0.39, 0.29) is 5.02 Å². The summed E-state index contributed by atoms with van der Waals surface area (Å²) in [6.45, 7) is 4.82. The van der Waals surface area contributed by atoms with Crippen LogP contribution >= 0.6 is 11.6 Å². The third kappa shape index (κ3) is 6.01. The topological polar surface area (TPSA) is 66.1 Å². The van der Waals surface area contributed by atoms with Crippen molar-refractivity contribution in [1.82, 2.24) is 14.9 Å². The molecule has 0 saturated carbocycles. The van der Waals surface area contributed by atoms with Crippen molar-refractivity contribution in [3.8, 4) is 22.4 Å². The number of rotatable bonds is 8. The van der Waals surface area contributed by atoms with E-state index >= 15 is 0 Å². The summed E-state index contributed by atoms with van der Waals surface area (Å²) < 4.78 is 37.5. The SMILES string of the molecule is CCC(CN1CC=C(c2c[nH]c(-c3ccc(F)c(Cl)c3)c2-c2ccncc2)CC1)c1ccc(S(C)(=O)=O)cc1. The van der Waals surface area contributed by atoms with Crippen LogP contribution in [0.25, 0.3) is 28.0 Å². The van der Waals surface area contributed by atoms with E-state index in [0.717, 1.165) is 66.0 Å². The highest BCUT2D eigenvalue weighted by Gasteiger charge is 2.23. The summed E-state index contributed by atoms with van der Waals surface area (Å²) in [5.41, 5.74) is 7.35. The lowest BCUT2D eigenvalue weighted by molar-refractivity contribution is 0.278. The Morgan fingerprint density at radius 2 is 1.82 bits per heavy atom. The number of nitrogens with one attached hydrogen (secondary N) is 1. The van der Waals surface area contributed by atoms with Gasteiger partial charge in [0.1, 0.15) is 5.82 Å². The van der Waals surface area contributed by atoms with Crippen LogP contribution in [0.1, 0.15) is 36.8 Å². The van der Waals surface area contributed by atoms with Crippen molar-refractivity contribution in [3.05, 3.63) is 101 Å². The first kappa shape index (κ1) is 27.3. The van der Waals surface area contributed by atoms with Gasteiger partial charge in [0.15, 0.2) is 9.84 Å². The predicted octanol–water partition coefficient (Wildman–Crippen LogP) is 7.22. The van der Waals surface area contributed by atoms with Gasteiger partial charge in [-0.15, -0.1) is 0 Å². The van der Waals surface area contributed by atoms with Crippen molar-refractivity contribution in [2.24, 2.45) is 0 Å². The highest BCUT2D eigenvalue weighted by Crippen LogP contribution is 2.40. The minimum atomic E-state index is -3.20. The molecule has 4 aromatic rings. The summed E-state index contributed by atoms with van der Waals surface area (Å²) in [5, 5.41) is 0.0910. The number of aromatic nitrogens is 2. The van der Waals surface area contributed by atoms with Gasteiger partial charge < -0.3 is 4.98 Å². The number of benzene rings is 2. The van der Waals surface area contributed by atoms with Crippen LogP contribution in [-0.4, -0.2) is 49.2 Å². The van der Waals surface area contributed by atoms with Crippen LogP contribution in [0.2, 0.25) is 5.02 Å². The Morgan fingerprint density at radius 3 is 2.44 bits per heavy atom. The largest absolute Gasteiger partial charge is 0.360 e. The van der Waals surface area contributed by atoms with Crippen molar-refractivity contribution in [2.75, 3.05) is 25.9 Å². The summed E-state index contributed by atoms with van der Waals surface area (Å²) in [6, 6.07) is 16.1. The molecule has 0 aliphatic carbocycles. The first-order valence-electron chi connectivity index (χ1n) is 13.0. The van der Waals surface area contributed by atoms with E-state index < -0.39 is 15.7 Å². The van der Waals surface area contributed by atoms with E-state index in [0.29, 0.717) is 10.8 Å². The third-order valence-electron chi connectivity index (χ3n) is 7.45. The number of nitrogens with zero attached hydrogens (tertiary/aromatic N) is 2. The maximum absolute atomic E-state index is 13.9. The van der Waals surface area contributed by atoms with Crippen LogP contribution in [0, 0.1) is 5.82 Å². The van der Waals surface area contributed by atoms with E-state index in [2.05, 4.69) is 27.9 Å². The first-order chi connectivity index (χ1) is 18.7. The normalized spacial score (nSPS) is 15.2. The van der Waals surface area contributed by atoms with Crippen LogP contribution in [0.4, 0.5) is 4.39 Å².